The van der Waals surface area contributed by atoms with Crippen LogP contribution in [0.15, 0.2) is 10.6 Å². The van der Waals surface area contributed by atoms with Gasteiger partial charge in [-0.2, -0.15) is 0 Å². The van der Waals surface area contributed by atoms with Crippen LogP contribution in [-0.2, 0) is 4.79 Å². The van der Waals surface area contributed by atoms with Crippen LogP contribution < -0.4 is 5.73 Å². The fourth-order valence-electron chi connectivity index (χ4n) is 2.47. The van der Waals surface area contributed by atoms with Crippen molar-refractivity contribution in [1.82, 2.24) is 0 Å². The number of carbonyl (C=O) groups excluding carboxylic acids is 1. The van der Waals surface area contributed by atoms with Gasteiger partial charge >= 0.3 is 0 Å². The molecule has 0 bridgehead atoms. The van der Waals surface area contributed by atoms with Crippen LogP contribution in [0.25, 0.3) is 0 Å². The summed E-state index contributed by atoms with van der Waals surface area (Å²) in [7, 11) is 0. The number of Topliss-reactive ketones (excluding diaryl/α,β-unsaturated/α-hetero) is 1. The lowest BCUT2D eigenvalue weighted by Crippen LogP contribution is -2.48. The molecule has 1 fully saturated rings. The monoisotopic (exact) mass is 197 g/mol. The van der Waals surface area contributed by atoms with E-state index in [1.807, 2.05) is 6.26 Å². The van der Waals surface area contributed by atoms with E-state index in [1.54, 1.807) is 0 Å². The Morgan fingerprint density at radius 2 is 1.92 bits per heavy atom. The molecular weight excluding hydrogens is 182 g/mol. The molecule has 0 aromatic heterocycles. The molecule has 0 aromatic carbocycles. The highest BCUT2D eigenvalue weighted by Crippen LogP contribution is 2.52. The quantitative estimate of drug-likeness (QED) is 0.699. The second kappa shape index (κ2) is 3.05. The van der Waals surface area contributed by atoms with E-state index >= 15 is 0 Å². The van der Waals surface area contributed by atoms with Crippen molar-refractivity contribution < 1.29 is 4.79 Å². The Morgan fingerprint density at radius 3 is 2.38 bits per heavy atom. The molecule has 2 nitrogen and oxygen atoms in total. The van der Waals surface area contributed by atoms with E-state index in [-0.39, 0.29) is 5.41 Å². The van der Waals surface area contributed by atoms with Crippen LogP contribution in [0.3, 0.4) is 0 Å². The maximum Gasteiger partial charge on any atom is 0.182 e. The van der Waals surface area contributed by atoms with Crippen LogP contribution in [0.5, 0.6) is 0 Å². The Balaban J connectivity index is 2.27. The SMILES string of the molecule is CSC1=C(N)C2(CCCCC2)C1=O. The van der Waals surface area contributed by atoms with Crippen molar-refractivity contribution >= 4 is 17.5 Å². The zero-order chi connectivity index (χ0) is 9.47. The van der Waals surface area contributed by atoms with Crippen molar-refractivity contribution in [1.29, 1.82) is 0 Å². The zero-order valence-corrected chi connectivity index (χ0v) is 8.75. The van der Waals surface area contributed by atoms with Gasteiger partial charge in [0.2, 0.25) is 0 Å². The Labute approximate surface area is 82.9 Å². The van der Waals surface area contributed by atoms with Crippen LogP contribution >= 0.6 is 11.8 Å². The molecule has 0 heterocycles. The Hall–Kier alpha value is -0.440. The molecule has 0 atom stereocenters. The van der Waals surface area contributed by atoms with E-state index in [2.05, 4.69) is 0 Å². The smallest absolute Gasteiger partial charge is 0.182 e. The van der Waals surface area contributed by atoms with Gasteiger partial charge in [-0.15, -0.1) is 11.8 Å². The second-order valence-corrected chi connectivity index (χ2v) is 4.74. The summed E-state index contributed by atoms with van der Waals surface area (Å²) >= 11 is 1.50. The molecule has 2 rings (SSSR count). The molecule has 72 valence electrons. The minimum absolute atomic E-state index is 0.212. The van der Waals surface area contributed by atoms with Crippen LogP contribution in [0.2, 0.25) is 0 Å². The fourth-order valence-corrected chi connectivity index (χ4v) is 3.27. The summed E-state index contributed by atoms with van der Waals surface area (Å²) in [4.78, 5) is 12.6. The number of ketones is 1. The van der Waals surface area contributed by atoms with Crippen molar-refractivity contribution in [2.24, 2.45) is 11.1 Å². The van der Waals surface area contributed by atoms with Crippen molar-refractivity contribution in [2.45, 2.75) is 32.1 Å². The van der Waals surface area contributed by atoms with Gasteiger partial charge in [-0.3, -0.25) is 4.79 Å². The first-order valence-corrected chi connectivity index (χ1v) is 6.04. The van der Waals surface area contributed by atoms with E-state index in [0.29, 0.717) is 5.78 Å². The molecule has 1 spiro atoms. The normalized spacial score (nSPS) is 26.4. The van der Waals surface area contributed by atoms with Crippen molar-refractivity contribution in [3.05, 3.63) is 10.6 Å². The number of allylic oxidation sites excluding steroid dienone is 2. The summed E-state index contributed by atoms with van der Waals surface area (Å²) < 4.78 is 0. The first kappa shape index (κ1) is 9.13. The molecule has 0 radical (unpaired) electrons. The number of carbonyl (C=O) groups is 1. The Morgan fingerprint density at radius 1 is 1.31 bits per heavy atom. The zero-order valence-electron chi connectivity index (χ0n) is 7.93. The largest absolute Gasteiger partial charge is 0.400 e. The number of thioether (sulfide) groups is 1. The lowest BCUT2D eigenvalue weighted by Gasteiger charge is -2.44. The molecule has 0 aliphatic heterocycles. The van der Waals surface area contributed by atoms with Gasteiger partial charge in [-0.25, -0.2) is 0 Å². The van der Waals surface area contributed by atoms with E-state index in [0.717, 1.165) is 36.3 Å². The summed E-state index contributed by atoms with van der Waals surface area (Å²) in [6, 6.07) is 0. The number of hydrogen-bond acceptors (Lipinski definition) is 3. The van der Waals surface area contributed by atoms with E-state index in [4.69, 9.17) is 5.73 Å². The average molecular weight is 197 g/mol. The predicted molar refractivity (Wildman–Crippen MR) is 55.3 cm³/mol. The van der Waals surface area contributed by atoms with Crippen LogP contribution in [0, 0.1) is 5.41 Å². The molecule has 1 saturated carbocycles. The molecular formula is C10H15NOS. The number of hydrogen-bond donors (Lipinski definition) is 1. The molecule has 2 aliphatic carbocycles. The molecule has 3 heteroatoms. The molecule has 0 unspecified atom stereocenters. The summed E-state index contributed by atoms with van der Waals surface area (Å²) in [6.45, 7) is 0. The van der Waals surface area contributed by atoms with E-state index < -0.39 is 0 Å². The maximum atomic E-state index is 11.8. The van der Waals surface area contributed by atoms with Gasteiger partial charge in [0.25, 0.3) is 0 Å². The van der Waals surface area contributed by atoms with Gasteiger partial charge in [0.05, 0.1) is 10.3 Å². The summed E-state index contributed by atoms with van der Waals surface area (Å²) in [5, 5.41) is 0. The van der Waals surface area contributed by atoms with Crippen LogP contribution in [-0.4, -0.2) is 12.0 Å². The van der Waals surface area contributed by atoms with Crippen molar-refractivity contribution in [3.63, 3.8) is 0 Å². The molecule has 2 aliphatic rings. The highest BCUT2D eigenvalue weighted by Gasteiger charge is 2.52. The average Bonchev–Trinajstić information content (AvgIpc) is 2.20. The third-order valence-corrected chi connectivity index (χ3v) is 4.13. The van der Waals surface area contributed by atoms with E-state index in [1.165, 1.54) is 18.2 Å². The van der Waals surface area contributed by atoms with Gasteiger partial charge in [0.1, 0.15) is 0 Å². The lowest BCUT2D eigenvalue weighted by molar-refractivity contribution is -0.126. The lowest BCUT2D eigenvalue weighted by atomic mass is 9.62. The number of rotatable bonds is 1. The standard InChI is InChI=1S/C10H15NOS/c1-13-7-8(11)10(9(7)12)5-3-2-4-6-10/h2-6,11H2,1H3. The van der Waals surface area contributed by atoms with Gasteiger partial charge in [0, 0.05) is 5.70 Å². The predicted octanol–water partition coefficient (Wildman–Crippen LogP) is 2.05. The molecule has 13 heavy (non-hydrogen) atoms. The number of nitrogens with two attached hydrogens (primary N) is 1. The van der Waals surface area contributed by atoms with Crippen LogP contribution in [0.1, 0.15) is 32.1 Å². The highest BCUT2D eigenvalue weighted by atomic mass is 32.2. The summed E-state index contributed by atoms with van der Waals surface area (Å²) in [6.07, 6.45) is 7.48. The third kappa shape index (κ3) is 1.06. The third-order valence-electron chi connectivity index (χ3n) is 3.31. The van der Waals surface area contributed by atoms with E-state index in [9.17, 15) is 4.79 Å². The topological polar surface area (TPSA) is 43.1 Å². The van der Waals surface area contributed by atoms with Gasteiger partial charge in [0.15, 0.2) is 5.78 Å². The molecule has 2 N–H and O–H groups in total. The first-order chi connectivity index (χ1) is 6.22. The second-order valence-electron chi connectivity index (χ2n) is 3.92. The molecule has 0 amide bonds. The van der Waals surface area contributed by atoms with Crippen molar-refractivity contribution in [3.8, 4) is 0 Å². The molecule has 0 aromatic rings. The minimum atomic E-state index is -0.212. The first-order valence-electron chi connectivity index (χ1n) is 4.81. The molecule has 0 saturated heterocycles. The maximum absolute atomic E-state index is 11.8. The van der Waals surface area contributed by atoms with Crippen molar-refractivity contribution in [2.75, 3.05) is 6.26 Å². The van der Waals surface area contributed by atoms with Gasteiger partial charge in [-0.05, 0) is 19.1 Å². The van der Waals surface area contributed by atoms with Gasteiger partial charge in [-0.1, -0.05) is 19.3 Å². The summed E-state index contributed by atoms with van der Waals surface area (Å²) in [5.41, 5.74) is 6.64. The van der Waals surface area contributed by atoms with Gasteiger partial charge < -0.3 is 5.73 Å². The minimum Gasteiger partial charge on any atom is -0.400 e. The van der Waals surface area contributed by atoms with Crippen LogP contribution in [0.4, 0.5) is 0 Å². The Bertz CT molecular complexity index is 277. The summed E-state index contributed by atoms with van der Waals surface area (Å²) in [5.74, 6) is 0.317. The Kier molecular flexibility index (Phi) is 2.14. The fraction of sp³-hybridized carbons (Fsp3) is 0.700. The highest BCUT2D eigenvalue weighted by molar-refractivity contribution is 8.03.